The van der Waals surface area contributed by atoms with Gasteiger partial charge >= 0.3 is 12.0 Å². The molecule has 0 aromatic heterocycles. The third-order valence-electron chi connectivity index (χ3n) is 5.41. The van der Waals surface area contributed by atoms with E-state index in [1.54, 1.807) is 19.1 Å². The highest BCUT2D eigenvalue weighted by atomic mass is 35.5. The molecule has 0 saturated carbocycles. The van der Waals surface area contributed by atoms with Crippen LogP contribution >= 0.6 is 11.6 Å². The largest absolute Gasteiger partial charge is 0.463 e. The highest BCUT2D eigenvalue weighted by Gasteiger charge is 2.34. The van der Waals surface area contributed by atoms with Gasteiger partial charge in [0.2, 0.25) is 0 Å². The molecule has 2 amide bonds. The van der Waals surface area contributed by atoms with Crippen LogP contribution < -0.4 is 15.5 Å². The van der Waals surface area contributed by atoms with Crippen molar-refractivity contribution in [1.29, 1.82) is 0 Å². The first-order valence-electron chi connectivity index (χ1n) is 10.1. The van der Waals surface area contributed by atoms with Gasteiger partial charge in [-0.15, -0.1) is 0 Å². The van der Waals surface area contributed by atoms with Gasteiger partial charge in [-0.2, -0.15) is 0 Å². The molecule has 2 aromatic carbocycles. The highest BCUT2D eigenvalue weighted by Crippen LogP contribution is 2.32. The number of halogens is 1. The number of carbonyl (C=O) groups is 2. The van der Waals surface area contributed by atoms with Crippen LogP contribution in [0, 0.1) is 0 Å². The van der Waals surface area contributed by atoms with Crippen molar-refractivity contribution in [3.05, 3.63) is 76.0 Å². The molecule has 2 aromatic rings. The van der Waals surface area contributed by atoms with Gasteiger partial charge in [0.1, 0.15) is 0 Å². The molecule has 0 spiro atoms. The Hall–Kier alpha value is -2.99. The summed E-state index contributed by atoms with van der Waals surface area (Å²) in [5.74, 6) is -0.440. The van der Waals surface area contributed by atoms with Gasteiger partial charge in [-0.05, 0) is 49.1 Å². The Kier molecular flexibility index (Phi) is 5.95. The number of hydrogen-bond acceptors (Lipinski definition) is 4. The lowest BCUT2D eigenvalue weighted by Gasteiger charge is -2.35. The monoisotopic (exact) mass is 425 g/mol. The Morgan fingerprint density at radius 1 is 1.20 bits per heavy atom. The van der Waals surface area contributed by atoms with Crippen molar-refractivity contribution < 1.29 is 14.3 Å². The zero-order chi connectivity index (χ0) is 21.1. The summed E-state index contributed by atoms with van der Waals surface area (Å²) in [5.41, 5.74) is 4.16. The van der Waals surface area contributed by atoms with Gasteiger partial charge in [0.25, 0.3) is 0 Å². The Morgan fingerprint density at radius 3 is 2.73 bits per heavy atom. The molecule has 0 radical (unpaired) electrons. The molecular weight excluding hydrogens is 402 g/mol. The van der Waals surface area contributed by atoms with E-state index in [0.29, 0.717) is 22.8 Å². The third-order valence-corrected chi connectivity index (χ3v) is 5.66. The quantitative estimate of drug-likeness (QED) is 0.711. The van der Waals surface area contributed by atoms with E-state index in [4.69, 9.17) is 16.3 Å². The van der Waals surface area contributed by atoms with Crippen LogP contribution in [-0.4, -0.2) is 31.7 Å². The number of nitrogens with one attached hydrogen (secondary N) is 2. The van der Waals surface area contributed by atoms with E-state index in [-0.39, 0.29) is 12.6 Å². The highest BCUT2D eigenvalue weighted by molar-refractivity contribution is 6.30. The molecule has 0 fully saturated rings. The maximum absolute atomic E-state index is 12.9. The Morgan fingerprint density at radius 2 is 1.97 bits per heavy atom. The number of urea groups is 1. The zero-order valence-electron chi connectivity index (χ0n) is 16.8. The summed E-state index contributed by atoms with van der Waals surface area (Å²) < 4.78 is 5.35. The predicted octanol–water partition coefficient (Wildman–Crippen LogP) is 3.96. The van der Waals surface area contributed by atoms with Crippen LogP contribution in [-0.2, 0) is 16.0 Å². The second-order valence-electron chi connectivity index (χ2n) is 7.35. The fourth-order valence-corrected chi connectivity index (χ4v) is 4.19. The summed E-state index contributed by atoms with van der Waals surface area (Å²) in [4.78, 5) is 27.6. The minimum Gasteiger partial charge on any atom is -0.463 e. The number of rotatable bonds is 5. The summed E-state index contributed by atoms with van der Waals surface area (Å²) in [5, 5.41) is 6.30. The number of ether oxygens (including phenoxy) is 1. The number of anilines is 1. The Balaban J connectivity index is 1.75. The molecule has 2 N–H and O–H groups in total. The Labute approximate surface area is 180 Å². The van der Waals surface area contributed by atoms with Crippen molar-refractivity contribution in [1.82, 2.24) is 10.6 Å². The van der Waals surface area contributed by atoms with E-state index in [1.807, 2.05) is 24.3 Å². The number of hydrogen-bond donors (Lipinski definition) is 2. The normalized spacial score (nSPS) is 18.4. The summed E-state index contributed by atoms with van der Waals surface area (Å²) >= 11 is 6.02. The molecule has 1 atom stereocenters. The molecule has 7 heteroatoms. The van der Waals surface area contributed by atoms with Gasteiger partial charge in [-0.25, -0.2) is 9.59 Å². The first-order valence-corrected chi connectivity index (χ1v) is 10.5. The second-order valence-corrected chi connectivity index (χ2v) is 7.79. The van der Waals surface area contributed by atoms with E-state index in [9.17, 15) is 9.59 Å². The molecule has 156 valence electrons. The first kappa shape index (κ1) is 20.3. The van der Waals surface area contributed by atoms with Crippen LogP contribution in [0.1, 0.15) is 30.5 Å². The molecule has 0 saturated heterocycles. The number of benzene rings is 2. The lowest BCUT2D eigenvalue weighted by Crippen LogP contribution is -2.49. The molecule has 6 nitrogen and oxygen atoms in total. The standard InChI is InChI=1S/C23H24ClN3O3/c1-2-30-22(28)20-18(14-27-13-5-7-15-6-3-4-8-19(15)27)25-23(29)26-21(20)16-9-11-17(24)12-10-16/h3-4,6,8-12,21H,2,5,7,13-14H2,1H3,(H2,25,26,29)/t21-/m0/s1. The molecule has 2 aliphatic rings. The van der Waals surface area contributed by atoms with Crippen LogP contribution in [0.3, 0.4) is 0 Å². The Bertz CT molecular complexity index is 987. The summed E-state index contributed by atoms with van der Waals surface area (Å²) in [6.07, 6.45) is 2.05. The minimum absolute atomic E-state index is 0.253. The van der Waals surface area contributed by atoms with Crippen molar-refractivity contribution in [3.8, 4) is 0 Å². The zero-order valence-corrected chi connectivity index (χ0v) is 17.5. The fraction of sp³-hybridized carbons (Fsp3) is 0.304. The number of esters is 1. The second kappa shape index (κ2) is 8.79. The average molecular weight is 426 g/mol. The van der Waals surface area contributed by atoms with Crippen molar-refractivity contribution >= 4 is 29.3 Å². The molecule has 4 rings (SSSR count). The summed E-state index contributed by atoms with van der Waals surface area (Å²) in [6.45, 7) is 3.29. The lowest BCUT2D eigenvalue weighted by molar-refractivity contribution is -0.139. The van der Waals surface area contributed by atoms with E-state index in [0.717, 1.165) is 30.6 Å². The van der Waals surface area contributed by atoms with Crippen molar-refractivity contribution in [2.24, 2.45) is 0 Å². The van der Waals surface area contributed by atoms with Crippen molar-refractivity contribution in [2.45, 2.75) is 25.8 Å². The smallest absolute Gasteiger partial charge is 0.338 e. The molecular formula is C23H24ClN3O3. The molecule has 0 unspecified atom stereocenters. The molecule has 2 aliphatic heterocycles. The van der Waals surface area contributed by atoms with Gasteiger partial charge in [0.15, 0.2) is 0 Å². The third kappa shape index (κ3) is 4.14. The topological polar surface area (TPSA) is 70.7 Å². The SMILES string of the molecule is CCOC(=O)C1=C(CN2CCCc3ccccc32)NC(=O)N[C@H]1c1ccc(Cl)cc1. The van der Waals surface area contributed by atoms with Gasteiger partial charge < -0.3 is 20.3 Å². The van der Waals surface area contributed by atoms with Crippen LogP contribution in [0.5, 0.6) is 0 Å². The van der Waals surface area contributed by atoms with Gasteiger partial charge in [-0.3, -0.25) is 0 Å². The number of fused-ring (bicyclic) bond motifs is 1. The maximum Gasteiger partial charge on any atom is 0.338 e. The molecule has 2 heterocycles. The molecule has 30 heavy (non-hydrogen) atoms. The lowest BCUT2D eigenvalue weighted by atomic mass is 9.94. The van der Waals surface area contributed by atoms with Crippen molar-refractivity contribution in [2.75, 3.05) is 24.6 Å². The van der Waals surface area contributed by atoms with Crippen LogP contribution in [0.4, 0.5) is 10.5 Å². The number of carbonyl (C=O) groups excluding carboxylic acids is 2. The number of para-hydroxylation sites is 1. The van der Waals surface area contributed by atoms with Gasteiger partial charge in [0.05, 0.1) is 30.5 Å². The van der Waals surface area contributed by atoms with E-state index in [2.05, 4.69) is 27.7 Å². The summed E-state index contributed by atoms with van der Waals surface area (Å²) in [7, 11) is 0. The van der Waals surface area contributed by atoms with Crippen LogP contribution in [0.2, 0.25) is 5.02 Å². The van der Waals surface area contributed by atoms with Gasteiger partial charge in [-0.1, -0.05) is 41.9 Å². The van der Waals surface area contributed by atoms with Crippen LogP contribution in [0.25, 0.3) is 0 Å². The number of aryl methyl sites for hydroxylation is 1. The maximum atomic E-state index is 12.9. The van der Waals surface area contributed by atoms with Crippen molar-refractivity contribution in [3.63, 3.8) is 0 Å². The van der Waals surface area contributed by atoms with E-state index < -0.39 is 12.0 Å². The average Bonchev–Trinajstić information content (AvgIpc) is 2.74. The van der Waals surface area contributed by atoms with Gasteiger partial charge in [0, 0.05) is 17.3 Å². The molecule has 0 aliphatic carbocycles. The molecule has 0 bridgehead atoms. The number of nitrogens with zero attached hydrogens (tertiary/aromatic N) is 1. The van der Waals surface area contributed by atoms with Crippen LogP contribution in [0.15, 0.2) is 59.8 Å². The number of amides is 2. The minimum atomic E-state index is -0.606. The van der Waals surface area contributed by atoms with E-state index in [1.165, 1.54) is 5.56 Å². The summed E-state index contributed by atoms with van der Waals surface area (Å²) in [6, 6.07) is 14.4. The van der Waals surface area contributed by atoms with E-state index >= 15 is 0 Å². The first-order chi connectivity index (χ1) is 14.6. The predicted molar refractivity (Wildman–Crippen MR) is 116 cm³/mol. The fourth-order valence-electron chi connectivity index (χ4n) is 4.06.